The minimum Gasteiger partial charge on any atom is -0.462 e. The van der Waals surface area contributed by atoms with Crippen LogP contribution in [0.4, 0.5) is 17.2 Å². The summed E-state index contributed by atoms with van der Waals surface area (Å²) in [7, 11) is 0. The molecular formula is C22H21N3O4. The quantitative estimate of drug-likeness (QED) is 0.664. The van der Waals surface area contributed by atoms with E-state index in [2.05, 4.69) is 10.3 Å². The maximum atomic E-state index is 12.8. The zero-order valence-electron chi connectivity index (χ0n) is 16.4. The van der Waals surface area contributed by atoms with Crippen LogP contribution in [0.5, 0.6) is 0 Å². The number of nitrogens with one attached hydrogen (secondary N) is 1. The van der Waals surface area contributed by atoms with E-state index < -0.39 is 5.97 Å². The van der Waals surface area contributed by atoms with Gasteiger partial charge in [-0.05, 0) is 25.1 Å². The number of para-hydroxylation sites is 2. The second-order valence-corrected chi connectivity index (χ2v) is 6.29. The fourth-order valence-electron chi connectivity index (χ4n) is 3.10. The molecule has 7 nitrogen and oxygen atoms in total. The molecule has 0 atom stereocenters. The Labute approximate surface area is 168 Å². The Balaban J connectivity index is 2.28. The summed E-state index contributed by atoms with van der Waals surface area (Å²) in [6.45, 7) is 4.66. The lowest BCUT2D eigenvalue weighted by molar-refractivity contribution is -0.116. The fourth-order valence-corrected chi connectivity index (χ4v) is 3.10. The number of anilines is 3. The number of fused-ring (bicyclic) bond motifs is 1. The van der Waals surface area contributed by atoms with Crippen molar-refractivity contribution in [2.45, 2.75) is 20.8 Å². The number of hydrogen-bond donors (Lipinski definition) is 1. The smallest absolute Gasteiger partial charge is 0.342 e. The normalized spacial score (nSPS) is 10.4. The highest BCUT2D eigenvalue weighted by molar-refractivity contribution is 6.11. The average Bonchev–Trinajstić information content (AvgIpc) is 2.85. The number of nitrogens with zero attached hydrogens (tertiary/aromatic N) is 2. The molecule has 0 spiro atoms. The van der Waals surface area contributed by atoms with Gasteiger partial charge in [-0.25, -0.2) is 9.78 Å². The summed E-state index contributed by atoms with van der Waals surface area (Å²) in [5, 5.41) is 2.71. The van der Waals surface area contributed by atoms with Crippen molar-refractivity contribution in [3.05, 3.63) is 60.2 Å². The van der Waals surface area contributed by atoms with Crippen molar-refractivity contribution in [1.29, 1.82) is 0 Å². The van der Waals surface area contributed by atoms with E-state index in [1.165, 1.54) is 18.7 Å². The number of ether oxygens (including phenoxy) is 1. The molecule has 1 N–H and O–H groups in total. The molecule has 29 heavy (non-hydrogen) atoms. The van der Waals surface area contributed by atoms with Crippen LogP contribution in [0.3, 0.4) is 0 Å². The Morgan fingerprint density at radius 1 is 1.00 bits per heavy atom. The Morgan fingerprint density at radius 2 is 1.69 bits per heavy atom. The zero-order chi connectivity index (χ0) is 21.0. The van der Waals surface area contributed by atoms with Crippen LogP contribution in [0.2, 0.25) is 0 Å². The molecule has 1 heterocycles. The van der Waals surface area contributed by atoms with E-state index in [1.807, 2.05) is 6.07 Å². The third kappa shape index (κ3) is 4.08. The van der Waals surface area contributed by atoms with Crippen LogP contribution in [0.25, 0.3) is 11.3 Å². The molecule has 1 aliphatic carbocycles. The summed E-state index contributed by atoms with van der Waals surface area (Å²) in [4.78, 5) is 43.0. The Kier molecular flexibility index (Phi) is 5.87. The van der Waals surface area contributed by atoms with E-state index in [4.69, 9.17) is 4.74 Å². The number of rotatable bonds is 5. The summed E-state index contributed by atoms with van der Waals surface area (Å²) >= 11 is 0. The number of hydrogen-bond acceptors (Lipinski definition) is 5. The van der Waals surface area contributed by atoms with Gasteiger partial charge in [0.05, 0.1) is 23.7 Å². The van der Waals surface area contributed by atoms with Gasteiger partial charge in [0.1, 0.15) is 5.56 Å². The Hall–Kier alpha value is -3.74. The largest absolute Gasteiger partial charge is 0.462 e. The van der Waals surface area contributed by atoms with Gasteiger partial charge in [0.15, 0.2) is 5.82 Å². The van der Waals surface area contributed by atoms with E-state index in [0.29, 0.717) is 22.6 Å². The van der Waals surface area contributed by atoms with E-state index in [1.54, 1.807) is 55.5 Å². The van der Waals surface area contributed by atoms with Crippen molar-refractivity contribution in [2.75, 3.05) is 16.8 Å². The van der Waals surface area contributed by atoms with Crippen LogP contribution in [0.1, 0.15) is 31.1 Å². The molecule has 7 heteroatoms. The second kappa shape index (κ2) is 8.52. The third-order valence-corrected chi connectivity index (χ3v) is 4.20. The highest BCUT2D eigenvalue weighted by Crippen LogP contribution is 2.39. The number of aromatic nitrogens is 1. The van der Waals surface area contributed by atoms with Gasteiger partial charge in [-0.15, -0.1) is 0 Å². The molecule has 0 radical (unpaired) electrons. The number of esters is 1. The van der Waals surface area contributed by atoms with Crippen LogP contribution in [0.15, 0.2) is 54.6 Å². The maximum Gasteiger partial charge on any atom is 0.342 e. The number of carbonyl (C=O) groups is 3. The first-order chi connectivity index (χ1) is 13.9. The Bertz CT molecular complexity index is 1050. The molecule has 1 aromatic carbocycles. The SMILES string of the molecule is CCOC(=O)c1c2cccccc-2nc1N(C(C)=O)c1ccccc1NC(C)=O. The first-order valence-corrected chi connectivity index (χ1v) is 9.17. The lowest BCUT2D eigenvalue weighted by Crippen LogP contribution is -2.26. The van der Waals surface area contributed by atoms with Crippen LogP contribution in [-0.4, -0.2) is 29.4 Å². The van der Waals surface area contributed by atoms with Gasteiger partial charge in [-0.2, -0.15) is 0 Å². The molecule has 1 aromatic rings. The number of carbonyl (C=O) groups excluding carboxylic acids is 3. The predicted octanol–water partition coefficient (Wildman–Crippen LogP) is 4.01. The van der Waals surface area contributed by atoms with Gasteiger partial charge >= 0.3 is 5.97 Å². The molecule has 0 saturated carbocycles. The summed E-state index contributed by atoms with van der Waals surface area (Å²) in [5.41, 5.74) is 2.17. The Morgan fingerprint density at radius 3 is 2.38 bits per heavy atom. The van der Waals surface area contributed by atoms with E-state index >= 15 is 0 Å². The van der Waals surface area contributed by atoms with Gasteiger partial charge in [0, 0.05) is 19.4 Å². The molecule has 0 saturated heterocycles. The highest BCUT2D eigenvalue weighted by atomic mass is 16.5. The summed E-state index contributed by atoms with van der Waals surface area (Å²) in [6.07, 6.45) is 0. The molecule has 0 aromatic heterocycles. The molecule has 1 aliphatic heterocycles. The van der Waals surface area contributed by atoms with E-state index in [-0.39, 0.29) is 29.8 Å². The molecule has 3 rings (SSSR count). The first kappa shape index (κ1) is 20.0. The van der Waals surface area contributed by atoms with Crippen molar-refractivity contribution in [3.63, 3.8) is 0 Å². The lowest BCUT2D eigenvalue weighted by Gasteiger charge is -2.23. The molecule has 0 bridgehead atoms. The van der Waals surface area contributed by atoms with Crippen LogP contribution >= 0.6 is 0 Å². The maximum absolute atomic E-state index is 12.8. The standard InChI is InChI=1S/C22H21N3O4/c1-4-29-22(28)20-16-10-6-5-7-11-17(16)24-21(20)25(15(3)27)19-13-9-8-12-18(19)23-14(2)26/h5-13H,4H2,1-3H3,(H,23,26). The fraction of sp³-hybridized carbons (Fsp3) is 0.182. The van der Waals surface area contributed by atoms with Crippen molar-refractivity contribution in [3.8, 4) is 11.3 Å². The summed E-state index contributed by atoms with van der Waals surface area (Å²) in [5.74, 6) is -1.05. The van der Waals surface area contributed by atoms with Gasteiger partial charge in [0.25, 0.3) is 0 Å². The second-order valence-electron chi connectivity index (χ2n) is 6.29. The van der Waals surface area contributed by atoms with Crippen LogP contribution in [0, 0.1) is 0 Å². The molecular weight excluding hydrogens is 370 g/mol. The minimum atomic E-state index is -0.570. The molecule has 148 valence electrons. The van der Waals surface area contributed by atoms with Gasteiger partial charge in [-0.3, -0.25) is 14.5 Å². The predicted molar refractivity (Wildman–Crippen MR) is 110 cm³/mol. The van der Waals surface area contributed by atoms with E-state index in [9.17, 15) is 14.4 Å². The third-order valence-electron chi connectivity index (χ3n) is 4.20. The molecule has 2 aliphatic rings. The molecule has 0 fully saturated rings. The monoisotopic (exact) mass is 391 g/mol. The number of benzene rings is 1. The van der Waals surface area contributed by atoms with Crippen molar-refractivity contribution in [1.82, 2.24) is 4.98 Å². The van der Waals surface area contributed by atoms with Crippen molar-refractivity contribution in [2.24, 2.45) is 0 Å². The van der Waals surface area contributed by atoms with Gasteiger partial charge in [-0.1, -0.05) is 36.4 Å². The number of amides is 2. The molecule has 2 amide bonds. The van der Waals surface area contributed by atoms with Crippen LogP contribution < -0.4 is 10.2 Å². The first-order valence-electron chi connectivity index (χ1n) is 9.17. The van der Waals surface area contributed by atoms with E-state index in [0.717, 1.165) is 0 Å². The zero-order valence-corrected chi connectivity index (χ0v) is 16.4. The molecule has 0 unspecified atom stereocenters. The van der Waals surface area contributed by atoms with Crippen molar-refractivity contribution < 1.29 is 19.1 Å². The summed E-state index contributed by atoms with van der Waals surface area (Å²) in [6, 6.07) is 15.8. The highest BCUT2D eigenvalue weighted by Gasteiger charge is 2.31. The van der Waals surface area contributed by atoms with Crippen LogP contribution in [-0.2, 0) is 14.3 Å². The lowest BCUT2D eigenvalue weighted by atomic mass is 10.1. The van der Waals surface area contributed by atoms with Crippen molar-refractivity contribution >= 4 is 35.0 Å². The van der Waals surface area contributed by atoms with Gasteiger partial charge in [0.2, 0.25) is 11.8 Å². The summed E-state index contributed by atoms with van der Waals surface area (Å²) < 4.78 is 5.24. The topological polar surface area (TPSA) is 88.6 Å². The average molecular weight is 391 g/mol. The minimum absolute atomic E-state index is 0.162. The van der Waals surface area contributed by atoms with Gasteiger partial charge < -0.3 is 10.1 Å².